The molecule has 0 saturated carbocycles. The van der Waals surface area contributed by atoms with E-state index in [2.05, 4.69) is 10.6 Å². The molecule has 2 rings (SSSR count). The van der Waals surface area contributed by atoms with Gasteiger partial charge in [0.1, 0.15) is 23.3 Å². The van der Waals surface area contributed by atoms with Crippen LogP contribution in [0.25, 0.3) is 0 Å². The van der Waals surface area contributed by atoms with Crippen molar-refractivity contribution >= 4 is 23.6 Å². The lowest BCUT2D eigenvalue weighted by Crippen LogP contribution is -2.48. The Labute approximate surface area is 212 Å². The molecule has 8 nitrogen and oxygen atoms in total. The third kappa shape index (κ3) is 10.7. The first kappa shape index (κ1) is 28.6. The van der Waals surface area contributed by atoms with Crippen LogP contribution in [-0.4, -0.2) is 43.3 Å². The minimum atomic E-state index is -0.722. The Kier molecular flexibility index (Phi) is 12.2. The number of rotatable bonds is 15. The van der Waals surface area contributed by atoms with Crippen molar-refractivity contribution in [2.24, 2.45) is 0 Å². The third-order valence-electron chi connectivity index (χ3n) is 5.51. The maximum atomic E-state index is 12.7. The number of amides is 2. The van der Waals surface area contributed by atoms with Crippen LogP contribution in [0.15, 0.2) is 48.5 Å². The maximum Gasteiger partial charge on any atom is 0.311 e. The Morgan fingerprint density at radius 2 is 1.50 bits per heavy atom. The van der Waals surface area contributed by atoms with Crippen LogP contribution in [0, 0.1) is 0 Å². The topological polar surface area (TPSA) is 111 Å². The highest BCUT2D eigenvalue weighted by molar-refractivity contribution is 5.88. The second-order valence-corrected chi connectivity index (χ2v) is 8.64. The molecule has 8 heteroatoms. The molecule has 0 fully saturated rings. The molecule has 0 spiro atoms. The fraction of sp³-hybridized carbons (Fsp3) is 0.429. The van der Waals surface area contributed by atoms with Crippen LogP contribution in [0.3, 0.4) is 0 Å². The Morgan fingerprint density at radius 3 is 2.11 bits per heavy atom. The van der Waals surface area contributed by atoms with Crippen molar-refractivity contribution in [1.29, 1.82) is 0 Å². The number of hydrogen-bond donors (Lipinski definition) is 2. The summed E-state index contributed by atoms with van der Waals surface area (Å²) in [5, 5.41) is 5.71. The lowest BCUT2D eigenvalue weighted by Gasteiger charge is -2.19. The average molecular weight is 497 g/mol. The molecule has 0 aliphatic rings. The van der Waals surface area contributed by atoms with Gasteiger partial charge in [0, 0.05) is 32.2 Å². The number of benzene rings is 2. The monoisotopic (exact) mass is 496 g/mol. The number of esters is 1. The van der Waals surface area contributed by atoms with Gasteiger partial charge in [-0.15, -0.1) is 0 Å². The van der Waals surface area contributed by atoms with E-state index >= 15 is 0 Å². The molecule has 2 aromatic carbocycles. The zero-order chi connectivity index (χ0) is 26.3. The van der Waals surface area contributed by atoms with E-state index in [0.717, 1.165) is 23.3 Å². The molecule has 0 aliphatic carbocycles. The number of hydrogen-bond acceptors (Lipinski definition) is 6. The van der Waals surface area contributed by atoms with Crippen molar-refractivity contribution in [3.05, 3.63) is 59.7 Å². The summed E-state index contributed by atoms with van der Waals surface area (Å²) in [6.07, 6.45) is 2.87. The van der Waals surface area contributed by atoms with Gasteiger partial charge in [-0.3, -0.25) is 14.4 Å². The molecule has 0 aliphatic heterocycles. The summed E-state index contributed by atoms with van der Waals surface area (Å²) in [7, 11) is 1.60. The molecule has 2 N–H and O–H groups in total. The lowest BCUT2D eigenvalue weighted by molar-refractivity contribution is -0.134. The van der Waals surface area contributed by atoms with Crippen LogP contribution in [0.4, 0.5) is 0 Å². The van der Waals surface area contributed by atoms with Crippen LogP contribution in [0.2, 0.25) is 0 Å². The van der Waals surface area contributed by atoms with Gasteiger partial charge in [-0.2, -0.15) is 0 Å². The van der Waals surface area contributed by atoms with Gasteiger partial charge in [-0.05, 0) is 61.6 Å². The van der Waals surface area contributed by atoms with E-state index in [0.29, 0.717) is 38.0 Å². The van der Waals surface area contributed by atoms with Gasteiger partial charge in [-0.25, -0.2) is 0 Å². The van der Waals surface area contributed by atoms with Crippen LogP contribution >= 0.6 is 0 Å². The molecule has 36 heavy (non-hydrogen) atoms. The number of ether oxygens (including phenoxy) is 2. The number of carbonyl (C=O) groups is 4. The van der Waals surface area contributed by atoms with Gasteiger partial charge >= 0.3 is 5.97 Å². The Hall–Kier alpha value is -3.68. The van der Waals surface area contributed by atoms with Crippen LogP contribution < -0.4 is 20.1 Å². The molecule has 0 heterocycles. The largest absolute Gasteiger partial charge is 0.497 e. The molecule has 1 unspecified atom stereocenters. The Balaban J connectivity index is 1.94. The fourth-order valence-corrected chi connectivity index (χ4v) is 3.49. The summed E-state index contributed by atoms with van der Waals surface area (Å²) >= 11 is 0. The number of nitrogens with one attached hydrogen (secondary N) is 2. The minimum absolute atomic E-state index is 0.0394. The first-order valence-electron chi connectivity index (χ1n) is 12.3. The van der Waals surface area contributed by atoms with Crippen molar-refractivity contribution in [1.82, 2.24) is 10.6 Å². The standard InChI is InChI=1S/C28H36N2O6/c1-4-18-29-28(34)25(30-26(32)17-12-21-8-13-23(35-3)14-9-21)19-22-10-15-24(16-11-22)36-27(33)7-5-6-20(2)31/h8-11,13-16,25H,4-7,12,17-19H2,1-3H3,(H,29,34)(H,30,32). The fourth-order valence-electron chi connectivity index (χ4n) is 3.49. The molecule has 2 aromatic rings. The molecule has 1 atom stereocenters. The molecular weight excluding hydrogens is 460 g/mol. The second-order valence-electron chi connectivity index (χ2n) is 8.64. The Morgan fingerprint density at radius 1 is 0.861 bits per heavy atom. The predicted molar refractivity (Wildman–Crippen MR) is 137 cm³/mol. The highest BCUT2D eigenvalue weighted by atomic mass is 16.5. The quantitative estimate of drug-likeness (QED) is 0.288. The smallest absolute Gasteiger partial charge is 0.311 e. The summed E-state index contributed by atoms with van der Waals surface area (Å²) in [5.41, 5.74) is 1.82. The first-order chi connectivity index (χ1) is 17.3. The molecule has 0 radical (unpaired) electrons. The van der Waals surface area contributed by atoms with Crippen LogP contribution in [0.1, 0.15) is 57.1 Å². The van der Waals surface area contributed by atoms with E-state index in [1.54, 1.807) is 31.4 Å². The van der Waals surface area contributed by atoms with Crippen LogP contribution in [0.5, 0.6) is 11.5 Å². The van der Waals surface area contributed by atoms with Crippen molar-refractivity contribution in [2.75, 3.05) is 13.7 Å². The number of ketones is 1. The van der Waals surface area contributed by atoms with Gasteiger partial charge in [0.2, 0.25) is 11.8 Å². The highest BCUT2D eigenvalue weighted by Crippen LogP contribution is 2.16. The minimum Gasteiger partial charge on any atom is -0.497 e. The molecule has 2 amide bonds. The van der Waals surface area contributed by atoms with E-state index in [9.17, 15) is 19.2 Å². The first-order valence-corrected chi connectivity index (χ1v) is 12.3. The normalized spacial score (nSPS) is 11.3. The second kappa shape index (κ2) is 15.3. The van der Waals surface area contributed by atoms with Crippen molar-refractivity contribution < 1.29 is 28.7 Å². The molecule has 0 aromatic heterocycles. The van der Waals surface area contributed by atoms with E-state index in [4.69, 9.17) is 9.47 Å². The predicted octanol–water partition coefficient (Wildman–Crippen LogP) is 3.55. The number of aryl methyl sites for hydroxylation is 1. The molecule has 0 bridgehead atoms. The van der Waals surface area contributed by atoms with Gasteiger partial charge in [0.25, 0.3) is 0 Å². The summed E-state index contributed by atoms with van der Waals surface area (Å²) in [4.78, 5) is 48.3. The third-order valence-corrected chi connectivity index (χ3v) is 5.51. The van der Waals surface area contributed by atoms with E-state index < -0.39 is 12.0 Å². The van der Waals surface area contributed by atoms with Crippen molar-refractivity contribution in [3.8, 4) is 11.5 Å². The number of carbonyl (C=O) groups excluding carboxylic acids is 4. The number of Topliss-reactive ketones (excluding diaryl/α,β-unsaturated/α-hetero) is 1. The SMILES string of the molecule is CCCNC(=O)C(Cc1ccc(OC(=O)CCCC(C)=O)cc1)NC(=O)CCc1ccc(OC)cc1. The molecular formula is C28H36N2O6. The average Bonchev–Trinajstić information content (AvgIpc) is 2.86. The van der Waals surface area contributed by atoms with Gasteiger partial charge in [0.15, 0.2) is 0 Å². The van der Waals surface area contributed by atoms with E-state index in [1.165, 1.54) is 6.92 Å². The Bertz CT molecular complexity index is 1000. The van der Waals surface area contributed by atoms with Crippen molar-refractivity contribution in [3.63, 3.8) is 0 Å². The summed E-state index contributed by atoms with van der Waals surface area (Å²) in [5.74, 6) is 0.336. The van der Waals surface area contributed by atoms with Crippen LogP contribution in [-0.2, 0) is 32.0 Å². The molecule has 0 saturated heterocycles. The lowest BCUT2D eigenvalue weighted by atomic mass is 10.0. The zero-order valence-corrected chi connectivity index (χ0v) is 21.3. The number of methoxy groups -OCH3 is 1. The van der Waals surface area contributed by atoms with Gasteiger partial charge in [-0.1, -0.05) is 31.2 Å². The van der Waals surface area contributed by atoms with Gasteiger partial charge < -0.3 is 24.9 Å². The maximum absolute atomic E-state index is 12.7. The van der Waals surface area contributed by atoms with E-state index in [-0.39, 0.29) is 30.4 Å². The molecule has 194 valence electrons. The zero-order valence-electron chi connectivity index (χ0n) is 21.3. The summed E-state index contributed by atoms with van der Waals surface area (Å²) in [6, 6.07) is 13.6. The highest BCUT2D eigenvalue weighted by Gasteiger charge is 2.21. The summed E-state index contributed by atoms with van der Waals surface area (Å²) in [6.45, 7) is 3.97. The van der Waals surface area contributed by atoms with Crippen molar-refractivity contribution in [2.45, 2.75) is 64.8 Å². The van der Waals surface area contributed by atoms with E-state index in [1.807, 2.05) is 31.2 Å². The van der Waals surface area contributed by atoms with Gasteiger partial charge in [0.05, 0.1) is 7.11 Å². The summed E-state index contributed by atoms with van der Waals surface area (Å²) < 4.78 is 10.5.